The Kier molecular flexibility index (Phi) is 14.5. The van der Waals surface area contributed by atoms with E-state index in [1.54, 1.807) is 25.4 Å². The summed E-state index contributed by atoms with van der Waals surface area (Å²) in [5.41, 5.74) is 0. The molecule has 12 nitrogen and oxygen atoms in total. The molecule has 2 amide bonds. The summed E-state index contributed by atoms with van der Waals surface area (Å²) in [6.07, 6.45) is 7.87. The van der Waals surface area contributed by atoms with E-state index in [1.165, 1.54) is 11.0 Å². The van der Waals surface area contributed by atoms with Gasteiger partial charge in [-0.15, -0.1) is 12.4 Å². The summed E-state index contributed by atoms with van der Waals surface area (Å²) in [4.78, 5) is 43.3. The minimum Gasteiger partial charge on any atom is -0.465 e. The van der Waals surface area contributed by atoms with Crippen LogP contribution in [0.5, 0.6) is 0 Å². The predicted octanol–water partition coefficient (Wildman–Crippen LogP) is 3.00. The van der Waals surface area contributed by atoms with Gasteiger partial charge in [0.1, 0.15) is 18.9 Å². The summed E-state index contributed by atoms with van der Waals surface area (Å²) in [7, 11) is -4.22. The molecule has 46 heavy (non-hydrogen) atoms. The lowest BCUT2D eigenvalue weighted by Gasteiger charge is -2.32. The number of fused-ring (bicyclic) bond motifs is 1. The Balaban J connectivity index is 0.00000576. The van der Waals surface area contributed by atoms with Gasteiger partial charge < -0.3 is 25.7 Å². The van der Waals surface area contributed by atoms with Gasteiger partial charge in [-0.3, -0.25) is 14.4 Å². The number of carbonyl (C=O) groups is 3. The summed E-state index contributed by atoms with van der Waals surface area (Å²) in [5, 5.41) is 8.07. The van der Waals surface area contributed by atoms with Crippen molar-refractivity contribution in [1.29, 1.82) is 0 Å². The van der Waals surface area contributed by atoms with Gasteiger partial charge in [0.25, 0.3) is 0 Å². The smallest absolute Gasteiger partial charge is 0.325 e. The van der Waals surface area contributed by atoms with E-state index in [9.17, 15) is 22.8 Å². The fourth-order valence-corrected chi connectivity index (χ4v) is 7.37. The number of ether oxygens (including phenoxy) is 1. The van der Waals surface area contributed by atoms with Gasteiger partial charge in [-0.05, 0) is 67.3 Å². The fourth-order valence-electron chi connectivity index (χ4n) is 6.15. The lowest BCUT2D eigenvalue weighted by atomic mass is 9.89. The third kappa shape index (κ3) is 10.8. The second-order valence-electron chi connectivity index (χ2n) is 12.0. The number of nitrogens with one attached hydrogen (secondary N) is 2. The van der Waals surface area contributed by atoms with E-state index >= 15 is 0 Å². The monoisotopic (exact) mass is 678 g/mol. The van der Waals surface area contributed by atoms with Crippen molar-refractivity contribution in [3.63, 3.8) is 0 Å². The van der Waals surface area contributed by atoms with Gasteiger partial charge in [-0.1, -0.05) is 49.6 Å². The zero-order valence-corrected chi connectivity index (χ0v) is 28.1. The lowest BCUT2D eigenvalue weighted by Crippen LogP contribution is -2.53. The number of hydrogen-bond donors (Lipinski definition) is 3. The first-order chi connectivity index (χ1) is 21.7. The maximum Gasteiger partial charge on any atom is 0.325 e. The molecule has 1 saturated heterocycles. The van der Waals surface area contributed by atoms with Crippen LogP contribution in [0.2, 0.25) is 0 Å². The first-order valence-electron chi connectivity index (χ1n) is 15.9. The predicted molar refractivity (Wildman–Crippen MR) is 180 cm³/mol. The van der Waals surface area contributed by atoms with Crippen molar-refractivity contribution in [3.8, 4) is 0 Å². The van der Waals surface area contributed by atoms with Crippen molar-refractivity contribution in [2.75, 3.05) is 39.3 Å². The van der Waals surface area contributed by atoms with Crippen molar-refractivity contribution < 1.29 is 27.5 Å². The first kappa shape index (κ1) is 37.0. The van der Waals surface area contributed by atoms with E-state index in [2.05, 4.69) is 15.1 Å². The molecule has 1 aliphatic carbocycles. The topological polar surface area (TPSA) is 163 Å². The summed E-state index contributed by atoms with van der Waals surface area (Å²) in [6.45, 7) is 3.74. The molecule has 4 N–H and O–H groups in total. The summed E-state index contributed by atoms with van der Waals surface area (Å²) in [6, 6.07) is 10.7. The average molecular weight is 679 g/mol. The van der Waals surface area contributed by atoms with Crippen LogP contribution in [0.25, 0.3) is 10.8 Å². The van der Waals surface area contributed by atoms with Crippen LogP contribution in [0.3, 0.4) is 0 Å². The number of rotatable bonds is 14. The Morgan fingerprint density at radius 2 is 1.74 bits per heavy atom. The molecule has 0 radical (unpaired) electrons. The molecule has 2 aromatic carbocycles. The Hall–Kier alpha value is -3.42. The Labute approximate surface area is 277 Å². The maximum absolute atomic E-state index is 14.1. The number of nitrogens with zero attached hydrogens (tertiary/aromatic N) is 3. The first-order valence-corrected chi connectivity index (χ1v) is 17.4. The zero-order chi connectivity index (χ0) is 32.2. The molecule has 2 aliphatic rings. The number of sulfonamides is 1. The summed E-state index contributed by atoms with van der Waals surface area (Å²) >= 11 is 0. The van der Waals surface area contributed by atoms with E-state index in [0.717, 1.165) is 68.8 Å². The van der Waals surface area contributed by atoms with Crippen LogP contribution >= 0.6 is 12.4 Å². The molecule has 254 valence electrons. The van der Waals surface area contributed by atoms with Crippen LogP contribution < -0.4 is 15.9 Å². The van der Waals surface area contributed by atoms with Crippen LogP contribution in [-0.4, -0.2) is 87.7 Å². The molecule has 4 rings (SSSR count). The Morgan fingerprint density at radius 3 is 2.41 bits per heavy atom. The van der Waals surface area contributed by atoms with Gasteiger partial charge in [0.2, 0.25) is 21.8 Å². The number of nitrogens with two attached hydrogens (primary N) is 1. The van der Waals surface area contributed by atoms with Crippen LogP contribution in [0.1, 0.15) is 58.3 Å². The molecule has 0 bridgehead atoms. The van der Waals surface area contributed by atoms with Crippen LogP contribution in [0.15, 0.2) is 52.5 Å². The number of amides is 2. The molecule has 0 spiro atoms. The third-order valence-electron chi connectivity index (χ3n) is 8.62. The maximum atomic E-state index is 14.1. The second-order valence-corrected chi connectivity index (χ2v) is 13.7. The van der Waals surface area contributed by atoms with Gasteiger partial charge >= 0.3 is 5.97 Å². The number of carbonyl (C=O) groups excluding carboxylic acids is 3. The molecule has 1 saturated carbocycles. The minimum atomic E-state index is -4.22. The molecule has 2 fully saturated rings. The lowest BCUT2D eigenvalue weighted by molar-refractivity contribution is -0.150. The van der Waals surface area contributed by atoms with Crippen molar-refractivity contribution in [2.24, 2.45) is 22.8 Å². The molecular weight excluding hydrogens is 632 g/mol. The van der Waals surface area contributed by atoms with Crippen molar-refractivity contribution >= 4 is 57.3 Å². The minimum absolute atomic E-state index is 0. The highest BCUT2D eigenvalue weighted by molar-refractivity contribution is 7.89. The standard InChI is InChI=1S/C32H46N6O6S.ClH/c1-2-44-31(40)22-38(21-25-8-4-3-5-9-25)32(41)29(19-30(39)34-20-24-14-16-37(17-15-24)23-35-33)36-45(42,43)28-13-12-26-10-6-7-11-27(26)18-28;/h6-7,10-13,18,23-25,29,36H,2-5,8-9,14-17,19-22,33H2,1H3,(H,34,39);1H/t29-;/m0./s1. The van der Waals surface area contributed by atoms with Gasteiger partial charge in [-0.25, -0.2) is 8.42 Å². The van der Waals surface area contributed by atoms with Crippen molar-refractivity contribution in [2.45, 2.75) is 69.2 Å². The molecule has 14 heteroatoms. The molecule has 0 aromatic heterocycles. The van der Waals surface area contributed by atoms with E-state index < -0.39 is 40.3 Å². The number of esters is 1. The molecule has 1 atom stereocenters. The molecule has 1 aliphatic heterocycles. The number of piperidine rings is 1. The van der Waals surface area contributed by atoms with Gasteiger partial charge in [0.05, 0.1) is 17.9 Å². The normalized spacial score (nSPS) is 16.9. The number of benzene rings is 2. The number of halogens is 1. The van der Waals surface area contributed by atoms with E-state index in [-0.39, 0.29) is 48.8 Å². The number of hydrazone groups is 1. The molecule has 1 heterocycles. The van der Waals surface area contributed by atoms with Crippen LogP contribution in [0.4, 0.5) is 0 Å². The summed E-state index contributed by atoms with van der Waals surface area (Å²) in [5.74, 6) is 4.01. The Morgan fingerprint density at radius 1 is 1.04 bits per heavy atom. The Bertz CT molecular complexity index is 1440. The third-order valence-corrected chi connectivity index (χ3v) is 10.1. The largest absolute Gasteiger partial charge is 0.465 e. The number of likely N-dealkylation sites (tertiary alicyclic amines) is 1. The summed E-state index contributed by atoms with van der Waals surface area (Å²) < 4.78 is 35.0. The fraction of sp³-hybridized carbons (Fsp3) is 0.562. The SMILES string of the molecule is CCOC(=O)CN(CC1CCCCC1)C(=O)[C@H](CC(=O)NCC1CCN(C=NN)CC1)NS(=O)(=O)c1ccc2ccccc2c1.Cl. The molecule has 2 aromatic rings. The highest BCUT2D eigenvalue weighted by Crippen LogP contribution is 2.25. The van der Waals surface area contributed by atoms with Crippen molar-refractivity contribution in [1.82, 2.24) is 19.8 Å². The van der Waals surface area contributed by atoms with E-state index in [1.807, 2.05) is 29.2 Å². The quantitative estimate of drug-likeness (QED) is 0.0903. The number of hydrogen-bond acceptors (Lipinski definition) is 8. The molecular formula is C32H47ClN6O6S. The van der Waals surface area contributed by atoms with E-state index in [4.69, 9.17) is 10.6 Å². The van der Waals surface area contributed by atoms with Crippen LogP contribution in [0, 0.1) is 11.8 Å². The van der Waals surface area contributed by atoms with Crippen molar-refractivity contribution in [3.05, 3.63) is 42.5 Å². The van der Waals surface area contributed by atoms with E-state index in [0.29, 0.717) is 6.54 Å². The zero-order valence-electron chi connectivity index (χ0n) is 26.4. The highest BCUT2D eigenvalue weighted by Gasteiger charge is 2.34. The van der Waals surface area contributed by atoms with Gasteiger partial charge in [-0.2, -0.15) is 9.82 Å². The average Bonchev–Trinajstić information content (AvgIpc) is 3.04. The van der Waals surface area contributed by atoms with Gasteiger partial charge in [0.15, 0.2) is 0 Å². The van der Waals surface area contributed by atoms with Crippen LogP contribution in [-0.2, 0) is 29.1 Å². The second kappa shape index (κ2) is 18.1. The highest BCUT2D eigenvalue weighted by atomic mass is 35.5. The molecule has 0 unspecified atom stereocenters. The van der Waals surface area contributed by atoms with Gasteiger partial charge in [0, 0.05) is 26.2 Å².